The monoisotopic (exact) mass is 488 g/mol. The second-order valence-corrected chi connectivity index (χ2v) is 8.47. The highest BCUT2D eigenvalue weighted by Crippen LogP contribution is 2.11. The van der Waals surface area contributed by atoms with Crippen molar-refractivity contribution in [1.82, 2.24) is 16.0 Å². The Morgan fingerprint density at radius 3 is 1.68 bits per heavy atom. The lowest BCUT2D eigenvalue weighted by Crippen LogP contribution is -2.59. The normalized spacial score (nSPS) is 15.4. The van der Waals surface area contributed by atoms with Gasteiger partial charge in [0.15, 0.2) is 0 Å². The van der Waals surface area contributed by atoms with Crippen LogP contribution >= 0.6 is 0 Å². The molecule has 13 nitrogen and oxygen atoms in total. The average Bonchev–Trinajstić information content (AvgIpc) is 2.74. The van der Waals surface area contributed by atoms with E-state index in [0.717, 1.165) is 0 Å². The first-order chi connectivity index (χ1) is 15.7. The van der Waals surface area contributed by atoms with Crippen LogP contribution in [0.1, 0.15) is 59.8 Å². The van der Waals surface area contributed by atoms with E-state index in [1.165, 1.54) is 0 Å². The number of carbonyl (C=O) groups is 6. The summed E-state index contributed by atoms with van der Waals surface area (Å²) in [5, 5.41) is 34.2. The van der Waals surface area contributed by atoms with Crippen molar-refractivity contribution < 1.29 is 44.1 Å². The Labute approximate surface area is 197 Å². The van der Waals surface area contributed by atoms with Gasteiger partial charge < -0.3 is 37.0 Å². The van der Waals surface area contributed by atoms with E-state index in [4.69, 9.17) is 15.9 Å². The van der Waals surface area contributed by atoms with Gasteiger partial charge in [-0.15, -0.1) is 0 Å². The number of nitrogens with one attached hydrogen (secondary N) is 3. The van der Waals surface area contributed by atoms with Crippen LogP contribution in [0, 0.1) is 11.8 Å². The van der Waals surface area contributed by atoms with Crippen LogP contribution < -0.4 is 21.7 Å². The quantitative estimate of drug-likeness (QED) is 0.144. The van der Waals surface area contributed by atoms with Crippen molar-refractivity contribution in [2.45, 2.75) is 84.0 Å². The number of aliphatic carboxylic acids is 3. The lowest BCUT2D eigenvalue weighted by atomic mass is 9.96. The van der Waals surface area contributed by atoms with Gasteiger partial charge in [-0.3, -0.25) is 24.0 Å². The van der Waals surface area contributed by atoms with Gasteiger partial charge in [0, 0.05) is 12.8 Å². The number of rotatable bonds is 16. The fourth-order valence-corrected chi connectivity index (χ4v) is 2.94. The summed E-state index contributed by atoms with van der Waals surface area (Å²) < 4.78 is 0. The second kappa shape index (κ2) is 14.8. The molecule has 0 radical (unpaired) electrons. The second-order valence-electron chi connectivity index (χ2n) is 8.47. The smallest absolute Gasteiger partial charge is 0.326 e. The van der Waals surface area contributed by atoms with Crippen molar-refractivity contribution >= 4 is 35.6 Å². The molecule has 0 aromatic carbocycles. The molecule has 0 aliphatic carbocycles. The van der Waals surface area contributed by atoms with Crippen LogP contribution in [-0.2, 0) is 28.8 Å². The molecule has 34 heavy (non-hydrogen) atoms. The molecular weight excluding hydrogens is 452 g/mol. The molecule has 0 aromatic rings. The first-order valence-corrected chi connectivity index (χ1v) is 11.0. The van der Waals surface area contributed by atoms with Gasteiger partial charge in [0.2, 0.25) is 17.7 Å². The van der Waals surface area contributed by atoms with Crippen LogP contribution in [0.25, 0.3) is 0 Å². The van der Waals surface area contributed by atoms with Crippen molar-refractivity contribution in [2.75, 3.05) is 0 Å². The molecule has 0 aliphatic rings. The number of carboxylic acids is 3. The highest BCUT2D eigenvalue weighted by molar-refractivity contribution is 5.94. The fourth-order valence-electron chi connectivity index (χ4n) is 2.94. The lowest BCUT2D eigenvalue weighted by Gasteiger charge is -2.28. The van der Waals surface area contributed by atoms with Crippen LogP contribution in [0.3, 0.4) is 0 Å². The maximum Gasteiger partial charge on any atom is 0.326 e. The van der Waals surface area contributed by atoms with E-state index >= 15 is 0 Å². The Morgan fingerprint density at radius 1 is 0.735 bits per heavy atom. The highest BCUT2D eigenvalue weighted by Gasteiger charge is 2.33. The maximum absolute atomic E-state index is 13.0. The van der Waals surface area contributed by atoms with Crippen LogP contribution in [-0.4, -0.2) is 75.1 Å². The molecule has 0 spiro atoms. The van der Waals surface area contributed by atoms with E-state index in [1.54, 1.807) is 27.7 Å². The van der Waals surface area contributed by atoms with E-state index < -0.39 is 78.1 Å². The first kappa shape index (κ1) is 30.8. The molecule has 0 heterocycles. The third kappa shape index (κ3) is 11.1. The summed E-state index contributed by atoms with van der Waals surface area (Å²) in [6.45, 7) is 6.58. The molecule has 0 saturated heterocycles. The predicted octanol–water partition coefficient (Wildman–Crippen LogP) is -0.716. The fraction of sp³-hybridized carbons (Fsp3) is 0.714. The summed E-state index contributed by atoms with van der Waals surface area (Å²) in [5.74, 6) is -6.93. The number of amides is 3. The number of nitrogens with two attached hydrogens (primary N) is 1. The van der Waals surface area contributed by atoms with Gasteiger partial charge >= 0.3 is 17.9 Å². The zero-order valence-corrected chi connectivity index (χ0v) is 19.9. The molecule has 0 saturated carbocycles. The third-order valence-corrected chi connectivity index (χ3v) is 5.31. The van der Waals surface area contributed by atoms with Crippen molar-refractivity contribution in [3.05, 3.63) is 0 Å². The van der Waals surface area contributed by atoms with Crippen LogP contribution in [0.4, 0.5) is 0 Å². The Morgan fingerprint density at radius 2 is 1.24 bits per heavy atom. The van der Waals surface area contributed by atoms with E-state index in [9.17, 15) is 33.9 Å². The van der Waals surface area contributed by atoms with Gasteiger partial charge in [-0.2, -0.15) is 0 Å². The molecule has 5 unspecified atom stereocenters. The van der Waals surface area contributed by atoms with E-state index in [2.05, 4.69) is 16.0 Å². The standard InChI is InChI=1S/C21H36N4O9/c1-5-11(4)17(25-18(30)12(22)6-8-14(26)27)20(32)23-13(7-9-15(28)29)19(31)24-16(10(2)3)21(33)34/h10-13,16-17H,5-9,22H2,1-4H3,(H,23,32)(H,24,31)(H,25,30)(H,26,27)(H,28,29)(H,33,34). The van der Waals surface area contributed by atoms with E-state index in [0.29, 0.717) is 6.42 Å². The lowest BCUT2D eigenvalue weighted by molar-refractivity contribution is -0.144. The molecule has 194 valence electrons. The van der Waals surface area contributed by atoms with Crippen molar-refractivity contribution in [1.29, 1.82) is 0 Å². The summed E-state index contributed by atoms with van der Waals surface area (Å²) in [4.78, 5) is 71.2. The number of carbonyl (C=O) groups excluding carboxylic acids is 3. The van der Waals surface area contributed by atoms with Gasteiger partial charge in [-0.25, -0.2) is 4.79 Å². The molecule has 13 heteroatoms. The van der Waals surface area contributed by atoms with Gasteiger partial charge in [0.05, 0.1) is 6.04 Å². The molecule has 0 aromatic heterocycles. The van der Waals surface area contributed by atoms with Gasteiger partial charge in [-0.05, 0) is 24.7 Å². The SMILES string of the molecule is CCC(C)C(NC(=O)C(N)CCC(=O)O)C(=O)NC(CCC(=O)O)C(=O)NC(C(=O)O)C(C)C. The molecule has 0 aliphatic heterocycles. The third-order valence-electron chi connectivity index (χ3n) is 5.31. The first-order valence-electron chi connectivity index (χ1n) is 11.0. The minimum atomic E-state index is -1.37. The maximum atomic E-state index is 13.0. The Hall–Kier alpha value is -3.22. The predicted molar refractivity (Wildman–Crippen MR) is 119 cm³/mol. The van der Waals surface area contributed by atoms with Crippen LogP contribution in [0.5, 0.6) is 0 Å². The largest absolute Gasteiger partial charge is 0.481 e. The summed E-state index contributed by atoms with van der Waals surface area (Å²) in [6, 6.07) is -4.94. The summed E-state index contributed by atoms with van der Waals surface area (Å²) in [6.07, 6.45) is -0.823. The highest BCUT2D eigenvalue weighted by atomic mass is 16.4. The molecule has 3 amide bonds. The van der Waals surface area contributed by atoms with Crippen molar-refractivity contribution in [2.24, 2.45) is 17.6 Å². The minimum Gasteiger partial charge on any atom is -0.481 e. The van der Waals surface area contributed by atoms with Crippen LogP contribution in [0.15, 0.2) is 0 Å². The van der Waals surface area contributed by atoms with Crippen molar-refractivity contribution in [3.8, 4) is 0 Å². The van der Waals surface area contributed by atoms with Gasteiger partial charge in [-0.1, -0.05) is 34.1 Å². The van der Waals surface area contributed by atoms with Crippen LogP contribution in [0.2, 0.25) is 0 Å². The number of carboxylic acid groups (broad SMARTS) is 3. The van der Waals surface area contributed by atoms with Crippen molar-refractivity contribution in [3.63, 3.8) is 0 Å². The van der Waals surface area contributed by atoms with E-state index in [-0.39, 0.29) is 19.3 Å². The molecule has 0 fully saturated rings. The Kier molecular flexibility index (Phi) is 13.4. The molecule has 0 rings (SSSR count). The molecule has 8 N–H and O–H groups in total. The number of hydrogen-bond donors (Lipinski definition) is 7. The summed E-state index contributed by atoms with van der Waals surface area (Å²) in [7, 11) is 0. The molecular formula is C21H36N4O9. The Bertz CT molecular complexity index is 757. The topological polar surface area (TPSA) is 225 Å². The zero-order chi connectivity index (χ0) is 26.6. The van der Waals surface area contributed by atoms with Gasteiger partial charge in [0.25, 0.3) is 0 Å². The number of hydrogen-bond acceptors (Lipinski definition) is 7. The van der Waals surface area contributed by atoms with E-state index in [1.807, 2.05) is 0 Å². The average molecular weight is 489 g/mol. The van der Waals surface area contributed by atoms with Gasteiger partial charge in [0.1, 0.15) is 18.1 Å². The Balaban J connectivity index is 5.59. The summed E-state index contributed by atoms with van der Waals surface area (Å²) >= 11 is 0. The molecule has 5 atom stereocenters. The molecule has 0 bridgehead atoms. The summed E-state index contributed by atoms with van der Waals surface area (Å²) in [5.41, 5.74) is 5.71. The minimum absolute atomic E-state index is 0.147. The zero-order valence-electron chi connectivity index (χ0n) is 19.9.